The van der Waals surface area contributed by atoms with Crippen LogP contribution in [0.4, 0.5) is 0 Å². The Hall–Kier alpha value is -1.39. The summed E-state index contributed by atoms with van der Waals surface area (Å²) in [4.78, 5) is 18.2. The van der Waals surface area contributed by atoms with Crippen LogP contribution < -0.4 is 0 Å². The lowest BCUT2D eigenvalue weighted by Crippen LogP contribution is -2.30. The van der Waals surface area contributed by atoms with E-state index in [9.17, 15) is 4.79 Å². The van der Waals surface area contributed by atoms with E-state index in [0.29, 0.717) is 10.7 Å². The number of pyridine rings is 1. The fourth-order valence-corrected chi connectivity index (χ4v) is 2.41. The predicted molar refractivity (Wildman–Crippen MR) is 83.9 cm³/mol. The highest BCUT2D eigenvalue weighted by Gasteiger charge is 2.21. The summed E-state index contributed by atoms with van der Waals surface area (Å²) in [5, 5.41) is 0.656. The van der Waals surface area contributed by atoms with Gasteiger partial charge in [0, 0.05) is 22.7 Å². The van der Waals surface area contributed by atoms with Gasteiger partial charge in [0.15, 0.2) is 0 Å². The van der Waals surface area contributed by atoms with E-state index in [1.807, 2.05) is 31.2 Å². The van der Waals surface area contributed by atoms with E-state index in [1.165, 1.54) is 0 Å². The summed E-state index contributed by atoms with van der Waals surface area (Å²) in [7, 11) is 1.75. The van der Waals surface area contributed by atoms with Crippen LogP contribution in [-0.4, -0.2) is 22.8 Å². The maximum atomic E-state index is 12.4. The number of aromatic nitrogens is 1. The van der Waals surface area contributed by atoms with Crippen LogP contribution in [0, 0.1) is 0 Å². The van der Waals surface area contributed by atoms with Gasteiger partial charge in [-0.2, -0.15) is 0 Å². The standard InChI is InChI=1S/C15H14BrClN2O/c1-10(12-5-3-4-6-13(12)17)19(2)15(20)14-8-7-11(16)9-18-14/h3-10H,1-2H3. The summed E-state index contributed by atoms with van der Waals surface area (Å²) in [5.41, 5.74) is 1.33. The van der Waals surface area contributed by atoms with E-state index in [1.54, 1.807) is 30.3 Å². The fraction of sp³-hybridized carbons (Fsp3) is 0.200. The van der Waals surface area contributed by atoms with Crippen LogP contribution in [0.1, 0.15) is 29.0 Å². The maximum absolute atomic E-state index is 12.4. The van der Waals surface area contributed by atoms with Crippen molar-refractivity contribution in [2.75, 3.05) is 7.05 Å². The van der Waals surface area contributed by atoms with Crippen molar-refractivity contribution in [2.45, 2.75) is 13.0 Å². The molecule has 0 N–H and O–H groups in total. The lowest BCUT2D eigenvalue weighted by Gasteiger charge is -2.25. The molecule has 3 nitrogen and oxygen atoms in total. The molecule has 0 aliphatic carbocycles. The Morgan fingerprint density at radius 2 is 2.00 bits per heavy atom. The molecule has 0 spiro atoms. The molecule has 1 atom stereocenters. The number of halogens is 2. The van der Waals surface area contributed by atoms with E-state index in [-0.39, 0.29) is 11.9 Å². The molecule has 1 unspecified atom stereocenters. The molecular weight excluding hydrogens is 340 g/mol. The molecule has 0 bridgehead atoms. The molecule has 0 fully saturated rings. The largest absolute Gasteiger partial charge is 0.334 e. The molecule has 1 aromatic heterocycles. The van der Waals surface area contributed by atoms with E-state index in [0.717, 1.165) is 10.0 Å². The first-order chi connectivity index (χ1) is 9.50. The fourth-order valence-electron chi connectivity index (χ4n) is 1.88. The average molecular weight is 354 g/mol. The molecule has 0 saturated heterocycles. The number of nitrogens with zero attached hydrogens (tertiary/aromatic N) is 2. The van der Waals surface area contributed by atoms with E-state index in [2.05, 4.69) is 20.9 Å². The number of carbonyl (C=O) groups excluding carboxylic acids is 1. The van der Waals surface area contributed by atoms with Gasteiger partial charge >= 0.3 is 0 Å². The first-order valence-corrected chi connectivity index (χ1v) is 7.31. The Morgan fingerprint density at radius 1 is 1.30 bits per heavy atom. The SMILES string of the molecule is CC(c1ccccc1Cl)N(C)C(=O)c1ccc(Br)cn1. The third-order valence-electron chi connectivity index (χ3n) is 3.20. The second-order valence-electron chi connectivity index (χ2n) is 4.48. The van der Waals surface area contributed by atoms with Crippen LogP contribution >= 0.6 is 27.5 Å². The summed E-state index contributed by atoms with van der Waals surface area (Å²) in [5.74, 6) is -0.134. The predicted octanol–water partition coefficient (Wildman–Crippen LogP) is 4.33. The molecule has 2 aromatic rings. The van der Waals surface area contributed by atoms with Gasteiger partial charge in [0.1, 0.15) is 5.69 Å². The lowest BCUT2D eigenvalue weighted by molar-refractivity contribution is 0.0737. The lowest BCUT2D eigenvalue weighted by atomic mass is 10.1. The average Bonchev–Trinajstić information content (AvgIpc) is 2.46. The molecular formula is C15H14BrClN2O. The van der Waals surface area contributed by atoms with Crippen LogP contribution in [-0.2, 0) is 0 Å². The minimum Gasteiger partial charge on any atom is -0.334 e. The normalized spacial score (nSPS) is 12.0. The Balaban J connectivity index is 2.22. The molecule has 20 heavy (non-hydrogen) atoms. The monoisotopic (exact) mass is 352 g/mol. The number of benzene rings is 1. The third kappa shape index (κ3) is 3.19. The number of amides is 1. The molecule has 1 aromatic carbocycles. The van der Waals surface area contributed by atoms with Gasteiger partial charge in [-0.15, -0.1) is 0 Å². The van der Waals surface area contributed by atoms with Crippen molar-refractivity contribution in [2.24, 2.45) is 0 Å². The summed E-state index contributed by atoms with van der Waals surface area (Å²) in [6.07, 6.45) is 1.61. The minimum atomic E-state index is -0.134. The molecule has 2 rings (SSSR count). The van der Waals surface area contributed by atoms with Crippen LogP contribution in [0.25, 0.3) is 0 Å². The first kappa shape index (κ1) is 15.0. The van der Waals surface area contributed by atoms with E-state index < -0.39 is 0 Å². The molecule has 0 aliphatic heterocycles. The van der Waals surface area contributed by atoms with E-state index >= 15 is 0 Å². The van der Waals surface area contributed by atoms with Gasteiger partial charge in [0.05, 0.1) is 6.04 Å². The van der Waals surface area contributed by atoms with Crippen molar-refractivity contribution in [3.63, 3.8) is 0 Å². The number of hydrogen-bond donors (Lipinski definition) is 0. The van der Waals surface area contributed by atoms with Crippen molar-refractivity contribution in [3.05, 3.63) is 63.3 Å². The van der Waals surface area contributed by atoms with Crippen LogP contribution in [0.5, 0.6) is 0 Å². The minimum absolute atomic E-state index is 0.123. The van der Waals surface area contributed by atoms with Gasteiger partial charge in [-0.05, 0) is 46.6 Å². The van der Waals surface area contributed by atoms with Gasteiger partial charge in [0.25, 0.3) is 5.91 Å². The van der Waals surface area contributed by atoms with Crippen molar-refractivity contribution >= 4 is 33.4 Å². The second-order valence-corrected chi connectivity index (χ2v) is 5.80. The second kappa shape index (κ2) is 6.37. The zero-order chi connectivity index (χ0) is 14.7. The van der Waals surface area contributed by atoms with Crippen molar-refractivity contribution in [1.29, 1.82) is 0 Å². The Bertz CT molecular complexity index is 616. The maximum Gasteiger partial charge on any atom is 0.272 e. The zero-order valence-corrected chi connectivity index (χ0v) is 13.5. The Kier molecular flexibility index (Phi) is 4.78. The van der Waals surface area contributed by atoms with Crippen LogP contribution in [0.3, 0.4) is 0 Å². The zero-order valence-electron chi connectivity index (χ0n) is 11.2. The summed E-state index contributed by atoms with van der Waals surface area (Å²) in [6, 6.07) is 10.9. The number of carbonyl (C=O) groups is 1. The highest BCUT2D eigenvalue weighted by molar-refractivity contribution is 9.10. The number of hydrogen-bond acceptors (Lipinski definition) is 2. The first-order valence-electron chi connectivity index (χ1n) is 6.14. The summed E-state index contributed by atoms with van der Waals surface area (Å²) < 4.78 is 0.843. The molecule has 1 amide bonds. The quantitative estimate of drug-likeness (QED) is 0.823. The Morgan fingerprint density at radius 3 is 2.60 bits per heavy atom. The smallest absolute Gasteiger partial charge is 0.272 e. The Labute approximate surface area is 131 Å². The van der Waals surface area contributed by atoms with E-state index in [4.69, 9.17) is 11.6 Å². The van der Waals surface area contributed by atoms with Crippen molar-refractivity contribution in [3.8, 4) is 0 Å². The van der Waals surface area contributed by atoms with Crippen LogP contribution in [0.15, 0.2) is 47.1 Å². The van der Waals surface area contributed by atoms with Crippen molar-refractivity contribution < 1.29 is 4.79 Å². The molecule has 0 saturated carbocycles. The van der Waals surface area contributed by atoms with Gasteiger partial charge in [-0.3, -0.25) is 4.79 Å². The molecule has 1 heterocycles. The number of rotatable bonds is 3. The van der Waals surface area contributed by atoms with Gasteiger partial charge in [-0.25, -0.2) is 4.98 Å². The third-order valence-corrected chi connectivity index (χ3v) is 4.02. The van der Waals surface area contributed by atoms with Crippen LogP contribution in [0.2, 0.25) is 5.02 Å². The molecule has 104 valence electrons. The molecule has 0 radical (unpaired) electrons. The van der Waals surface area contributed by atoms with Crippen molar-refractivity contribution in [1.82, 2.24) is 9.88 Å². The molecule has 0 aliphatic rings. The highest BCUT2D eigenvalue weighted by Crippen LogP contribution is 2.27. The van der Waals surface area contributed by atoms with Gasteiger partial charge in [-0.1, -0.05) is 29.8 Å². The molecule has 5 heteroatoms. The topological polar surface area (TPSA) is 33.2 Å². The summed E-state index contributed by atoms with van der Waals surface area (Å²) in [6.45, 7) is 1.94. The van der Waals surface area contributed by atoms with Gasteiger partial charge in [0.2, 0.25) is 0 Å². The highest BCUT2D eigenvalue weighted by atomic mass is 79.9. The van der Waals surface area contributed by atoms with Gasteiger partial charge < -0.3 is 4.90 Å². The summed E-state index contributed by atoms with van der Waals surface area (Å²) >= 11 is 9.48.